The minimum absolute atomic E-state index is 0.0668. The average Bonchev–Trinajstić information content (AvgIpc) is 3.02. The molecule has 4 aromatic rings. The number of hydrogen-bond acceptors (Lipinski definition) is 7. The van der Waals surface area contributed by atoms with Gasteiger partial charge in [-0.25, -0.2) is 14.4 Å². The van der Waals surface area contributed by atoms with Crippen LogP contribution < -0.4 is 5.56 Å². The number of rotatable bonds is 13. The van der Waals surface area contributed by atoms with Crippen LogP contribution in [0.5, 0.6) is 0 Å². The van der Waals surface area contributed by atoms with Crippen LogP contribution in [0.25, 0.3) is 11.4 Å². The number of hydrogen-bond donors (Lipinski definition) is 0. The predicted octanol–water partition coefficient (Wildman–Crippen LogP) is 5.83. The Labute approximate surface area is 263 Å². The molecular formula is C32H34F4N6O2S. The molecule has 2 aromatic carbocycles. The van der Waals surface area contributed by atoms with Crippen LogP contribution in [0.2, 0.25) is 0 Å². The molecule has 0 spiro atoms. The lowest BCUT2D eigenvalue weighted by Gasteiger charge is -2.27. The van der Waals surface area contributed by atoms with Crippen molar-refractivity contribution in [1.29, 1.82) is 0 Å². The highest BCUT2D eigenvalue weighted by atomic mass is 32.2. The van der Waals surface area contributed by atoms with Crippen molar-refractivity contribution < 1.29 is 22.4 Å². The Bertz CT molecular complexity index is 1620. The van der Waals surface area contributed by atoms with Gasteiger partial charge in [0, 0.05) is 60.7 Å². The normalized spacial score (nSPS) is 11.6. The first-order valence-electron chi connectivity index (χ1n) is 14.4. The molecule has 2 aromatic heterocycles. The zero-order valence-electron chi connectivity index (χ0n) is 25.2. The van der Waals surface area contributed by atoms with E-state index in [2.05, 4.69) is 19.9 Å². The maximum absolute atomic E-state index is 13.8. The number of halogens is 4. The van der Waals surface area contributed by atoms with E-state index >= 15 is 0 Å². The quantitative estimate of drug-likeness (QED) is 0.103. The molecule has 0 saturated heterocycles. The number of thioether (sulfide) groups is 1. The molecule has 0 aliphatic carbocycles. The van der Waals surface area contributed by atoms with Crippen LogP contribution in [-0.4, -0.2) is 61.4 Å². The second kappa shape index (κ2) is 15.3. The number of carbonyl (C=O) groups excluding carboxylic acids is 1. The van der Waals surface area contributed by atoms with Gasteiger partial charge >= 0.3 is 6.18 Å². The average molecular weight is 643 g/mol. The van der Waals surface area contributed by atoms with Crippen molar-refractivity contribution in [3.05, 3.63) is 106 Å². The SMILES string of the molecule is CCN(CC)CCN(Cc1cnc(-c2ccc(C(F)(F)F)cc2)nc1)C(=O)Cn1cc(C)c(=O)nc1SCc1ccc(F)cc1. The monoisotopic (exact) mass is 642 g/mol. The third-order valence-electron chi connectivity index (χ3n) is 7.20. The molecular weight excluding hydrogens is 608 g/mol. The van der Waals surface area contributed by atoms with E-state index < -0.39 is 11.7 Å². The second-order valence-electron chi connectivity index (χ2n) is 10.4. The number of benzene rings is 2. The Balaban J connectivity index is 1.53. The molecule has 2 heterocycles. The molecule has 45 heavy (non-hydrogen) atoms. The summed E-state index contributed by atoms with van der Waals surface area (Å²) in [5.74, 6) is 0.149. The molecule has 0 aliphatic rings. The number of aryl methyl sites for hydroxylation is 1. The van der Waals surface area contributed by atoms with Gasteiger partial charge in [-0.05, 0) is 49.8 Å². The predicted molar refractivity (Wildman–Crippen MR) is 165 cm³/mol. The molecule has 0 unspecified atom stereocenters. The lowest BCUT2D eigenvalue weighted by molar-refractivity contribution is -0.137. The Kier molecular flexibility index (Phi) is 11.5. The zero-order chi connectivity index (χ0) is 32.6. The first kappa shape index (κ1) is 33.8. The number of likely N-dealkylation sites (N-methyl/N-ethyl adjacent to an activating group) is 1. The van der Waals surface area contributed by atoms with Gasteiger partial charge in [0.05, 0.1) is 5.56 Å². The van der Waals surface area contributed by atoms with Crippen molar-refractivity contribution in [3.63, 3.8) is 0 Å². The van der Waals surface area contributed by atoms with E-state index in [1.54, 1.807) is 47.1 Å². The molecule has 1 amide bonds. The molecule has 0 N–H and O–H groups in total. The van der Waals surface area contributed by atoms with Gasteiger partial charge in [0.25, 0.3) is 5.56 Å². The fraction of sp³-hybridized carbons (Fsp3) is 0.344. The van der Waals surface area contributed by atoms with E-state index in [9.17, 15) is 27.2 Å². The molecule has 0 bridgehead atoms. The van der Waals surface area contributed by atoms with Crippen molar-refractivity contribution in [2.45, 2.75) is 50.9 Å². The maximum Gasteiger partial charge on any atom is 0.416 e. The number of alkyl halides is 3. The summed E-state index contributed by atoms with van der Waals surface area (Å²) >= 11 is 1.28. The van der Waals surface area contributed by atoms with Crippen LogP contribution in [0.4, 0.5) is 17.6 Å². The fourth-order valence-electron chi connectivity index (χ4n) is 4.49. The molecule has 0 atom stereocenters. The summed E-state index contributed by atoms with van der Waals surface area (Å²) in [5.41, 5.74) is 1.19. The summed E-state index contributed by atoms with van der Waals surface area (Å²) in [7, 11) is 0. The highest BCUT2D eigenvalue weighted by Gasteiger charge is 2.30. The zero-order valence-corrected chi connectivity index (χ0v) is 26.0. The van der Waals surface area contributed by atoms with Crippen LogP contribution in [0.15, 0.2) is 77.1 Å². The molecule has 13 heteroatoms. The van der Waals surface area contributed by atoms with Crippen LogP contribution in [0, 0.1) is 12.7 Å². The van der Waals surface area contributed by atoms with E-state index in [4.69, 9.17) is 0 Å². The first-order chi connectivity index (χ1) is 21.5. The Morgan fingerprint density at radius 3 is 2.18 bits per heavy atom. The summed E-state index contributed by atoms with van der Waals surface area (Å²) in [5, 5.41) is 0.371. The van der Waals surface area contributed by atoms with Crippen molar-refractivity contribution >= 4 is 17.7 Å². The molecule has 4 rings (SSSR count). The second-order valence-corrected chi connectivity index (χ2v) is 11.3. The van der Waals surface area contributed by atoms with Crippen LogP contribution >= 0.6 is 11.8 Å². The highest BCUT2D eigenvalue weighted by molar-refractivity contribution is 7.98. The maximum atomic E-state index is 13.8. The van der Waals surface area contributed by atoms with Crippen molar-refractivity contribution in [1.82, 2.24) is 29.3 Å². The van der Waals surface area contributed by atoms with Gasteiger partial charge < -0.3 is 14.4 Å². The van der Waals surface area contributed by atoms with E-state index in [0.29, 0.717) is 40.7 Å². The van der Waals surface area contributed by atoms with E-state index in [1.807, 2.05) is 13.8 Å². The van der Waals surface area contributed by atoms with Crippen LogP contribution in [0.1, 0.15) is 36.1 Å². The molecule has 0 aliphatic heterocycles. The number of amides is 1. The summed E-state index contributed by atoms with van der Waals surface area (Å²) < 4.78 is 53.8. The molecule has 0 saturated carbocycles. The Morgan fingerprint density at radius 2 is 1.58 bits per heavy atom. The third kappa shape index (κ3) is 9.44. The van der Waals surface area contributed by atoms with Crippen molar-refractivity contribution in [2.75, 3.05) is 26.2 Å². The van der Waals surface area contributed by atoms with Gasteiger partial charge in [0.1, 0.15) is 12.4 Å². The van der Waals surface area contributed by atoms with Gasteiger partial charge in [0.2, 0.25) is 5.91 Å². The van der Waals surface area contributed by atoms with Crippen molar-refractivity contribution in [2.24, 2.45) is 0 Å². The van der Waals surface area contributed by atoms with E-state index in [0.717, 1.165) is 30.8 Å². The largest absolute Gasteiger partial charge is 0.416 e. The lowest BCUT2D eigenvalue weighted by atomic mass is 10.1. The summed E-state index contributed by atoms with van der Waals surface area (Å²) in [6.07, 6.45) is 0.306. The van der Waals surface area contributed by atoms with Gasteiger partial charge in [-0.3, -0.25) is 9.59 Å². The smallest absolute Gasteiger partial charge is 0.335 e. The molecule has 238 valence electrons. The van der Waals surface area contributed by atoms with E-state index in [-0.39, 0.29) is 36.2 Å². The minimum atomic E-state index is -4.43. The molecule has 0 radical (unpaired) electrons. The number of carbonyl (C=O) groups is 1. The first-order valence-corrected chi connectivity index (χ1v) is 15.4. The Hall–Kier alpha value is -4.10. The summed E-state index contributed by atoms with van der Waals surface area (Å²) in [4.78, 5) is 42.9. The molecule has 8 nitrogen and oxygen atoms in total. The van der Waals surface area contributed by atoms with Gasteiger partial charge in [-0.1, -0.05) is 49.9 Å². The number of nitrogens with zero attached hydrogens (tertiary/aromatic N) is 6. The topological polar surface area (TPSA) is 84.2 Å². The lowest BCUT2D eigenvalue weighted by Crippen LogP contribution is -2.40. The van der Waals surface area contributed by atoms with Crippen molar-refractivity contribution in [3.8, 4) is 11.4 Å². The highest BCUT2D eigenvalue weighted by Crippen LogP contribution is 2.30. The van der Waals surface area contributed by atoms with Crippen LogP contribution in [-0.2, 0) is 29.8 Å². The standard InChI is InChI=1S/C32H34F4N6O2S/c1-4-40(5-2)14-15-41(19-24-16-37-29(38-17-24)25-8-10-26(11-9-25)32(34,35)36)28(43)20-42-18-22(3)30(44)39-31(42)45-21-23-6-12-27(33)13-7-23/h6-13,16-18H,4-5,14-15,19-21H2,1-3H3. The van der Waals surface area contributed by atoms with Gasteiger partial charge in [0.15, 0.2) is 11.0 Å². The molecule has 0 fully saturated rings. The summed E-state index contributed by atoms with van der Waals surface area (Å²) in [6, 6.07) is 10.7. The Morgan fingerprint density at radius 1 is 0.933 bits per heavy atom. The fourth-order valence-corrected chi connectivity index (χ4v) is 5.41. The number of aromatic nitrogens is 4. The van der Waals surface area contributed by atoms with E-state index in [1.165, 1.54) is 36.0 Å². The van der Waals surface area contributed by atoms with Crippen LogP contribution in [0.3, 0.4) is 0 Å². The van der Waals surface area contributed by atoms with Gasteiger partial charge in [-0.2, -0.15) is 18.2 Å². The minimum Gasteiger partial charge on any atom is -0.335 e. The summed E-state index contributed by atoms with van der Waals surface area (Å²) in [6.45, 7) is 8.56. The third-order valence-corrected chi connectivity index (χ3v) is 8.26. The van der Waals surface area contributed by atoms with Gasteiger partial charge in [-0.15, -0.1) is 0 Å².